The summed E-state index contributed by atoms with van der Waals surface area (Å²) in [6.07, 6.45) is 0. The first kappa shape index (κ1) is 17.9. The molecule has 1 aliphatic rings. The van der Waals surface area contributed by atoms with Crippen LogP contribution in [0.2, 0.25) is 0 Å². The van der Waals surface area contributed by atoms with E-state index < -0.39 is 17.6 Å². The lowest BCUT2D eigenvalue weighted by atomic mass is 10.1. The molecule has 0 saturated carbocycles. The summed E-state index contributed by atoms with van der Waals surface area (Å²) in [6.45, 7) is 4.99. The molecule has 1 heterocycles. The lowest BCUT2D eigenvalue weighted by Crippen LogP contribution is -2.52. The quantitative estimate of drug-likeness (QED) is 0.809. The predicted molar refractivity (Wildman–Crippen MR) is 88.0 cm³/mol. The van der Waals surface area contributed by atoms with Gasteiger partial charge in [-0.3, -0.25) is 14.4 Å². The minimum atomic E-state index is -0.733. The van der Waals surface area contributed by atoms with Crippen molar-refractivity contribution in [1.29, 1.82) is 0 Å². The molecule has 1 aliphatic heterocycles. The minimum Gasteiger partial charge on any atom is -0.366 e. The fourth-order valence-electron chi connectivity index (χ4n) is 2.52. The van der Waals surface area contributed by atoms with Gasteiger partial charge in [-0.1, -0.05) is 26.0 Å². The number of halogens is 1. The number of piperazine rings is 1. The highest BCUT2D eigenvalue weighted by Gasteiger charge is 2.24. The molecule has 0 spiro atoms. The highest BCUT2D eigenvalue weighted by atomic mass is 19.1. The summed E-state index contributed by atoms with van der Waals surface area (Å²) in [5.41, 5.74) is 0.528. The number of rotatable bonds is 5. The second-order valence-corrected chi connectivity index (χ2v) is 6.02. The van der Waals surface area contributed by atoms with Gasteiger partial charge in [-0.2, -0.15) is 0 Å². The van der Waals surface area contributed by atoms with Crippen LogP contribution in [0.15, 0.2) is 24.3 Å². The van der Waals surface area contributed by atoms with Gasteiger partial charge in [0.1, 0.15) is 5.82 Å². The summed E-state index contributed by atoms with van der Waals surface area (Å²) in [6, 6.07) is 6.54. The smallest absolute Gasteiger partial charge is 0.288 e. The summed E-state index contributed by atoms with van der Waals surface area (Å²) in [7, 11) is 0. The maximum atomic E-state index is 13.8. The highest BCUT2D eigenvalue weighted by Crippen LogP contribution is 2.20. The number of anilines is 1. The van der Waals surface area contributed by atoms with E-state index in [1.165, 1.54) is 6.07 Å². The second-order valence-electron chi connectivity index (χ2n) is 6.02. The number of hydrogen-bond donors (Lipinski definition) is 1. The molecule has 1 aromatic carbocycles. The van der Waals surface area contributed by atoms with Gasteiger partial charge in [-0.05, 0) is 12.1 Å². The van der Waals surface area contributed by atoms with E-state index >= 15 is 0 Å². The van der Waals surface area contributed by atoms with Crippen molar-refractivity contribution in [1.82, 2.24) is 10.2 Å². The van der Waals surface area contributed by atoms with Crippen molar-refractivity contribution < 1.29 is 18.8 Å². The van der Waals surface area contributed by atoms with E-state index in [4.69, 9.17) is 0 Å². The zero-order valence-electron chi connectivity index (χ0n) is 13.9. The summed E-state index contributed by atoms with van der Waals surface area (Å²) < 4.78 is 13.8. The fourth-order valence-corrected chi connectivity index (χ4v) is 2.52. The number of carbonyl (C=O) groups excluding carboxylic acids is 3. The number of carbonyl (C=O) groups is 3. The molecule has 2 rings (SSSR count). The molecular weight excluding hydrogens is 313 g/mol. The minimum absolute atomic E-state index is 0.197. The Hall–Kier alpha value is -2.44. The average molecular weight is 335 g/mol. The van der Waals surface area contributed by atoms with Gasteiger partial charge < -0.3 is 15.1 Å². The third kappa shape index (κ3) is 4.31. The van der Waals surface area contributed by atoms with Crippen molar-refractivity contribution in [2.75, 3.05) is 37.6 Å². The Kier molecular flexibility index (Phi) is 5.89. The lowest BCUT2D eigenvalue weighted by molar-refractivity contribution is -0.141. The molecule has 1 fully saturated rings. The predicted octanol–water partition coefficient (Wildman–Crippen LogP) is 0.816. The van der Waals surface area contributed by atoms with Crippen LogP contribution in [0.4, 0.5) is 10.1 Å². The molecule has 7 heteroatoms. The monoisotopic (exact) mass is 335 g/mol. The molecule has 6 nitrogen and oxygen atoms in total. The van der Waals surface area contributed by atoms with E-state index in [0.29, 0.717) is 31.9 Å². The van der Waals surface area contributed by atoms with Gasteiger partial charge in [0.25, 0.3) is 5.91 Å². The van der Waals surface area contributed by atoms with Crippen molar-refractivity contribution in [3.63, 3.8) is 0 Å². The van der Waals surface area contributed by atoms with Gasteiger partial charge in [-0.25, -0.2) is 4.39 Å². The van der Waals surface area contributed by atoms with E-state index in [9.17, 15) is 18.8 Å². The fraction of sp³-hybridized carbons (Fsp3) is 0.471. The molecule has 1 aromatic rings. The Morgan fingerprint density at radius 1 is 1.12 bits per heavy atom. The average Bonchev–Trinajstić information content (AvgIpc) is 2.59. The van der Waals surface area contributed by atoms with E-state index in [0.717, 1.165) is 0 Å². The van der Waals surface area contributed by atoms with Crippen LogP contribution in [0.1, 0.15) is 13.8 Å². The first-order valence-corrected chi connectivity index (χ1v) is 7.99. The van der Waals surface area contributed by atoms with Gasteiger partial charge in [-0.15, -0.1) is 0 Å². The van der Waals surface area contributed by atoms with E-state index in [-0.39, 0.29) is 18.3 Å². The number of Topliss-reactive ketones (excluding diaryl/α,β-unsaturated/α-hetero) is 1. The SMILES string of the molecule is CC(C)C(=O)C(=O)NCC(=O)N1CCN(c2ccccc2F)CC1. The van der Waals surface area contributed by atoms with Crippen molar-refractivity contribution in [3.05, 3.63) is 30.1 Å². The maximum absolute atomic E-state index is 13.8. The maximum Gasteiger partial charge on any atom is 0.288 e. The molecule has 1 saturated heterocycles. The largest absolute Gasteiger partial charge is 0.366 e. The molecule has 0 aromatic heterocycles. The number of para-hydroxylation sites is 1. The number of nitrogens with one attached hydrogen (secondary N) is 1. The lowest BCUT2D eigenvalue weighted by Gasteiger charge is -2.36. The van der Waals surface area contributed by atoms with Gasteiger partial charge in [0, 0.05) is 32.1 Å². The number of ketones is 1. The standard InChI is InChI=1S/C17H22FN3O3/c1-12(2)16(23)17(24)19-11-15(22)21-9-7-20(8-10-21)14-6-4-3-5-13(14)18/h3-6,12H,7-11H2,1-2H3,(H,19,24). The Morgan fingerprint density at radius 2 is 1.75 bits per heavy atom. The summed E-state index contributed by atoms with van der Waals surface area (Å²) >= 11 is 0. The molecule has 24 heavy (non-hydrogen) atoms. The highest BCUT2D eigenvalue weighted by molar-refractivity contribution is 6.37. The third-order valence-corrected chi connectivity index (χ3v) is 3.97. The molecular formula is C17H22FN3O3. The molecule has 0 atom stereocenters. The molecule has 130 valence electrons. The van der Waals surface area contributed by atoms with Crippen molar-refractivity contribution in [3.8, 4) is 0 Å². The first-order valence-electron chi connectivity index (χ1n) is 7.99. The van der Waals surface area contributed by atoms with Crippen molar-refractivity contribution in [2.45, 2.75) is 13.8 Å². The Morgan fingerprint density at radius 3 is 2.33 bits per heavy atom. The summed E-state index contributed by atoms with van der Waals surface area (Å²) in [5, 5.41) is 2.36. The first-order chi connectivity index (χ1) is 11.4. The van der Waals surface area contributed by atoms with Crippen LogP contribution in [0.3, 0.4) is 0 Å². The number of nitrogens with zero attached hydrogens (tertiary/aromatic N) is 2. The van der Waals surface area contributed by atoms with Gasteiger partial charge >= 0.3 is 0 Å². The van der Waals surface area contributed by atoms with Crippen LogP contribution >= 0.6 is 0 Å². The molecule has 1 N–H and O–H groups in total. The van der Waals surface area contributed by atoms with Crippen molar-refractivity contribution >= 4 is 23.3 Å². The van der Waals surface area contributed by atoms with Crippen LogP contribution in [0.25, 0.3) is 0 Å². The molecule has 0 bridgehead atoms. The molecule has 0 unspecified atom stereocenters. The van der Waals surface area contributed by atoms with Crippen LogP contribution in [-0.2, 0) is 14.4 Å². The van der Waals surface area contributed by atoms with Gasteiger partial charge in [0.05, 0.1) is 12.2 Å². The number of hydrogen-bond acceptors (Lipinski definition) is 4. The zero-order chi connectivity index (χ0) is 17.7. The Labute approximate surface area is 140 Å². The van der Waals surface area contributed by atoms with E-state index in [1.807, 2.05) is 4.90 Å². The summed E-state index contributed by atoms with van der Waals surface area (Å²) in [5.74, 6) is -2.19. The molecule has 0 aliphatic carbocycles. The molecule has 2 amide bonds. The Bertz CT molecular complexity index is 625. The van der Waals surface area contributed by atoms with Gasteiger partial charge in [0.2, 0.25) is 11.7 Å². The van der Waals surface area contributed by atoms with E-state index in [2.05, 4.69) is 5.32 Å². The van der Waals surface area contributed by atoms with Crippen LogP contribution in [0.5, 0.6) is 0 Å². The third-order valence-electron chi connectivity index (χ3n) is 3.97. The van der Waals surface area contributed by atoms with Crippen LogP contribution in [0, 0.1) is 11.7 Å². The topological polar surface area (TPSA) is 69.7 Å². The van der Waals surface area contributed by atoms with Crippen LogP contribution in [-0.4, -0.2) is 55.2 Å². The Balaban J connectivity index is 1.82. The van der Waals surface area contributed by atoms with E-state index in [1.54, 1.807) is 36.9 Å². The normalized spacial score (nSPS) is 14.7. The number of amides is 2. The zero-order valence-corrected chi connectivity index (χ0v) is 13.9. The van der Waals surface area contributed by atoms with Crippen molar-refractivity contribution in [2.24, 2.45) is 5.92 Å². The number of benzene rings is 1. The van der Waals surface area contributed by atoms with Crippen LogP contribution < -0.4 is 10.2 Å². The van der Waals surface area contributed by atoms with Gasteiger partial charge in [0.15, 0.2) is 0 Å². The molecule has 0 radical (unpaired) electrons. The summed E-state index contributed by atoms with van der Waals surface area (Å²) in [4.78, 5) is 38.7. The second kappa shape index (κ2) is 7.90.